The molecule has 0 spiro atoms. The van der Waals surface area contributed by atoms with E-state index in [1.807, 2.05) is 0 Å². The Labute approximate surface area is 125 Å². The van der Waals surface area contributed by atoms with Crippen LogP contribution >= 0.6 is 11.6 Å². The Bertz CT molecular complexity index is 692. The monoisotopic (exact) mass is 310 g/mol. The van der Waals surface area contributed by atoms with Crippen molar-refractivity contribution in [1.29, 1.82) is 0 Å². The molecule has 0 aliphatic heterocycles. The van der Waals surface area contributed by atoms with Crippen molar-refractivity contribution in [2.24, 2.45) is 5.73 Å². The van der Waals surface area contributed by atoms with E-state index in [0.717, 1.165) is 6.07 Å². The molecule has 110 valence electrons. The predicted octanol–water partition coefficient (Wildman–Crippen LogP) is 4.20. The molecule has 0 saturated carbocycles. The first kappa shape index (κ1) is 15.2. The molecule has 21 heavy (non-hydrogen) atoms. The second-order valence-electron chi connectivity index (χ2n) is 4.45. The molecule has 0 radical (unpaired) electrons. The highest BCUT2D eigenvalue weighted by molar-refractivity contribution is 6.30. The molecule has 0 fully saturated rings. The minimum atomic E-state index is -0.644. The zero-order valence-corrected chi connectivity index (χ0v) is 11.8. The zero-order chi connectivity index (χ0) is 15.6. The highest BCUT2D eigenvalue weighted by Gasteiger charge is 2.18. The van der Waals surface area contributed by atoms with Crippen molar-refractivity contribution in [3.63, 3.8) is 0 Å². The molecule has 2 rings (SSSR count). The van der Waals surface area contributed by atoms with Gasteiger partial charge in [0.2, 0.25) is 5.75 Å². The minimum Gasteiger partial charge on any atom is -0.447 e. The number of ether oxygens (including phenoxy) is 1. The van der Waals surface area contributed by atoms with Crippen LogP contribution < -0.4 is 10.5 Å². The van der Waals surface area contributed by atoms with Crippen molar-refractivity contribution >= 4 is 17.3 Å². The molecule has 7 heteroatoms. The summed E-state index contributed by atoms with van der Waals surface area (Å²) >= 11 is 5.70. The lowest BCUT2D eigenvalue weighted by atomic mass is 10.1. The van der Waals surface area contributed by atoms with Crippen LogP contribution in [0.15, 0.2) is 36.4 Å². The summed E-state index contributed by atoms with van der Waals surface area (Å²) in [7, 11) is 0. The van der Waals surface area contributed by atoms with Crippen LogP contribution in [0.4, 0.5) is 10.1 Å². The maximum absolute atomic E-state index is 13.9. The van der Waals surface area contributed by atoms with Crippen molar-refractivity contribution in [3.8, 4) is 11.5 Å². The molecule has 0 bridgehead atoms. The molecular weight excluding hydrogens is 299 g/mol. The largest absolute Gasteiger partial charge is 0.447 e. The third-order valence-corrected chi connectivity index (χ3v) is 3.05. The van der Waals surface area contributed by atoms with Gasteiger partial charge in [-0.3, -0.25) is 10.1 Å². The van der Waals surface area contributed by atoms with E-state index >= 15 is 0 Å². The van der Waals surface area contributed by atoms with Crippen molar-refractivity contribution in [1.82, 2.24) is 0 Å². The highest BCUT2D eigenvalue weighted by atomic mass is 35.5. The van der Waals surface area contributed by atoms with E-state index in [4.69, 9.17) is 22.1 Å². The van der Waals surface area contributed by atoms with Crippen LogP contribution in [0, 0.1) is 15.9 Å². The number of nitro groups is 1. The van der Waals surface area contributed by atoms with Gasteiger partial charge in [-0.05, 0) is 36.8 Å². The van der Waals surface area contributed by atoms with Gasteiger partial charge in [-0.25, -0.2) is 4.39 Å². The average Bonchev–Trinajstić information content (AvgIpc) is 2.42. The molecule has 0 heterocycles. The average molecular weight is 311 g/mol. The van der Waals surface area contributed by atoms with Crippen LogP contribution in [0.25, 0.3) is 0 Å². The van der Waals surface area contributed by atoms with Crippen molar-refractivity contribution < 1.29 is 14.1 Å². The summed E-state index contributed by atoms with van der Waals surface area (Å²) in [6.07, 6.45) is 0. The third kappa shape index (κ3) is 3.48. The number of nitro benzene ring substituents is 1. The van der Waals surface area contributed by atoms with Gasteiger partial charge in [-0.1, -0.05) is 17.7 Å². The Morgan fingerprint density at radius 2 is 1.95 bits per heavy atom. The Hall–Kier alpha value is -2.18. The lowest BCUT2D eigenvalue weighted by Crippen LogP contribution is -2.05. The van der Waals surface area contributed by atoms with Gasteiger partial charge in [0.05, 0.1) is 4.92 Å². The summed E-state index contributed by atoms with van der Waals surface area (Å²) in [4.78, 5) is 10.3. The summed E-state index contributed by atoms with van der Waals surface area (Å²) < 4.78 is 19.2. The molecule has 5 nitrogen and oxygen atoms in total. The normalized spacial score (nSPS) is 12.0. The Kier molecular flexibility index (Phi) is 4.40. The summed E-state index contributed by atoms with van der Waals surface area (Å²) in [5.41, 5.74) is 5.92. The predicted molar refractivity (Wildman–Crippen MR) is 77.2 cm³/mol. The fourth-order valence-corrected chi connectivity index (χ4v) is 1.89. The molecule has 0 amide bonds. The number of halogens is 2. The van der Waals surface area contributed by atoms with E-state index in [1.54, 1.807) is 13.0 Å². The highest BCUT2D eigenvalue weighted by Crippen LogP contribution is 2.34. The lowest BCUT2D eigenvalue weighted by Gasteiger charge is -2.10. The molecule has 0 saturated heterocycles. The molecule has 0 aromatic heterocycles. The fourth-order valence-electron chi connectivity index (χ4n) is 1.72. The summed E-state index contributed by atoms with van der Waals surface area (Å²) in [6.45, 7) is 1.72. The van der Waals surface area contributed by atoms with Gasteiger partial charge in [0.15, 0.2) is 11.6 Å². The first-order chi connectivity index (χ1) is 9.88. The summed E-state index contributed by atoms with van der Waals surface area (Å²) in [6, 6.07) is 7.79. The molecule has 2 aromatic carbocycles. The molecular formula is C14H12ClFN2O3. The van der Waals surface area contributed by atoms with Gasteiger partial charge in [-0.15, -0.1) is 0 Å². The van der Waals surface area contributed by atoms with Crippen LogP contribution in [0.5, 0.6) is 11.5 Å². The molecule has 0 aliphatic carbocycles. The number of hydrogen-bond donors (Lipinski definition) is 1. The van der Waals surface area contributed by atoms with E-state index in [0.29, 0.717) is 5.56 Å². The van der Waals surface area contributed by atoms with E-state index < -0.39 is 10.7 Å². The topological polar surface area (TPSA) is 78.4 Å². The Morgan fingerprint density at radius 3 is 2.52 bits per heavy atom. The second-order valence-corrected chi connectivity index (χ2v) is 4.89. The minimum absolute atomic E-state index is 0.0863. The number of rotatable bonds is 4. The number of nitrogens with zero attached hydrogens (tertiary/aromatic N) is 1. The smallest absolute Gasteiger partial charge is 0.313 e. The van der Waals surface area contributed by atoms with Crippen LogP contribution in [-0.2, 0) is 0 Å². The van der Waals surface area contributed by atoms with E-state index in [2.05, 4.69) is 0 Å². The molecule has 0 aliphatic rings. The van der Waals surface area contributed by atoms with Gasteiger partial charge in [0.25, 0.3) is 0 Å². The van der Waals surface area contributed by atoms with Crippen molar-refractivity contribution in [2.45, 2.75) is 13.0 Å². The van der Waals surface area contributed by atoms with Crippen LogP contribution in [-0.4, -0.2) is 4.92 Å². The molecule has 0 unspecified atom stereocenters. The van der Waals surface area contributed by atoms with Gasteiger partial charge < -0.3 is 10.5 Å². The number of hydrogen-bond acceptors (Lipinski definition) is 4. The molecule has 2 aromatic rings. The van der Waals surface area contributed by atoms with Gasteiger partial charge >= 0.3 is 5.69 Å². The fraction of sp³-hybridized carbons (Fsp3) is 0.143. The first-order valence-electron chi connectivity index (χ1n) is 6.05. The zero-order valence-electron chi connectivity index (χ0n) is 11.0. The van der Waals surface area contributed by atoms with E-state index in [1.165, 1.54) is 24.3 Å². The van der Waals surface area contributed by atoms with Crippen LogP contribution in [0.2, 0.25) is 5.02 Å². The SMILES string of the molecule is C[C@@H](N)c1ccc(Oc2ccc(Cl)cc2[N+](=O)[O-])c(F)c1. The van der Waals surface area contributed by atoms with Crippen LogP contribution in [0.1, 0.15) is 18.5 Å². The summed E-state index contributed by atoms with van der Waals surface area (Å²) in [5, 5.41) is 11.1. The van der Waals surface area contributed by atoms with E-state index in [9.17, 15) is 14.5 Å². The van der Waals surface area contributed by atoms with Crippen molar-refractivity contribution in [3.05, 3.63) is 62.9 Å². The lowest BCUT2D eigenvalue weighted by molar-refractivity contribution is -0.385. The molecule has 2 N–H and O–H groups in total. The standard InChI is InChI=1S/C14H12ClFN2O3/c1-8(17)9-2-4-13(11(16)6-9)21-14-5-3-10(15)7-12(14)18(19)20/h2-8H,17H2,1H3/t8-/m1/s1. The van der Waals surface area contributed by atoms with Gasteiger partial charge in [0.1, 0.15) is 0 Å². The first-order valence-corrected chi connectivity index (χ1v) is 6.43. The third-order valence-electron chi connectivity index (χ3n) is 2.82. The second kappa shape index (κ2) is 6.07. The van der Waals surface area contributed by atoms with Gasteiger partial charge in [0, 0.05) is 17.1 Å². The number of benzene rings is 2. The summed E-state index contributed by atoms with van der Waals surface area (Å²) in [5.74, 6) is -0.851. The number of nitrogens with two attached hydrogens (primary N) is 1. The van der Waals surface area contributed by atoms with E-state index in [-0.39, 0.29) is 28.3 Å². The van der Waals surface area contributed by atoms with Gasteiger partial charge in [-0.2, -0.15) is 0 Å². The maximum atomic E-state index is 13.9. The molecule has 1 atom stereocenters. The Morgan fingerprint density at radius 1 is 1.29 bits per heavy atom. The van der Waals surface area contributed by atoms with Crippen LogP contribution in [0.3, 0.4) is 0 Å². The maximum Gasteiger partial charge on any atom is 0.313 e. The Balaban J connectivity index is 2.37. The quantitative estimate of drug-likeness (QED) is 0.678. The van der Waals surface area contributed by atoms with Crippen molar-refractivity contribution in [2.75, 3.05) is 0 Å².